The Hall–Kier alpha value is -2.37. The maximum atomic E-state index is 13.4. The van der Waals surface area contributed by atoms with Gasteiger partial charge in [0.15, 0.2) is 5.65 Å². The van der Waals surface area contributed by atoms with Crippen LogP contribution in [-0.4, -0.2) is 33.9 Å². The van der Waals surface area contributed by atoms with Crippen LogP contribution < -0.4 is 5.32 Å². The smallest absolute Gasteiger partial charge is 0.257 e. The van der Waals surface area contributed by atoms with E-state index in [2.05, 4.69) is 22.2 Å². The lowest BCUT2D eigenvalue weighted by Crippen LogP contribution is -2.39. The zero-order valence-electron chi connectivity index (χ0n) is 17.4. The molecule has 158 valence electrons. The highest BCUT2D eigenvalue weighted by Gasteiger charge is 2.25. The Bertz CT molecular complexity index is 1090. The van der Waals surface area contributed by atoms with Crippen LogP contribution in [0.1, 0.15) is 41.4 Å². The molecular formula is C23H26Cl2N4O. The molecule has 5 nitrogen and oxygen atoms in total. The van der Waals surface area contributed by atoms with Crippen molar-refractivity contribution in [3.8, 4) is 0 Å². The number of rotatable bonds is 3. The number of amides is 1. The summed E-state index contributed by atoms with van der Waals surface area (Å²) >= 11 is 6.32. The Morgan fingerprint density at radius 1 is 1.23 bits per heavy atom. The molecule has 1 atom stereocenters. The number of hydrogen-bond donors (Lipinski definition) is 1. The van der Waals surface area contributed by atoms with Crippen LogP contribution in [0, 0.1) is 19.8 Å². The van der Waals surface area contributed by atoms with Crippen molar-refractivity contribution in [2.75, 3.05) is 18.4 Å². The fraction of sp³-hybridized carbons (Fsp3) is 0.348. The topological polar surface area (TPSA) is 58.1 Å². The maximum Gasteiger partial charge on any atom is 0.257 e. The Labute approximate surface area is 188 Å². The number of halogens is 2. The molecule has 1 aliphatic rings. The standard InChI is InChI=1S/C23H25ClN4O.ClH/c1-14-5-4-10-28(13-14)23(29)19-12-25-22-18(9-7-16(3)26-22)21(19)27-17-8-6-15(2)20(24)11-17;/h6-9,11-12,14H,4-5,10,13H2,1-3H3,(H,25,26,27);1H. The molecule has 0 saturated carbocycles. The molecule has 0 aliphatic carbocycles. The van der Waals surface area contributed by atoms with Gasteiger partial charge in [0.25, 0.3) is 5.91 Å². The molecule has 1 fully saturated rings. The number of nitrogens with zero attached hydrogens (tertiary/aromatic N) is 3. The van der Waals surface area contributed by atoms with E-state index < -0.39 is 0 Å². The van der Waals surface area contributed by atoms with E-state index >= 15 is 0 Å². The molecule has 1 unspecified atom stereocenters. The lowest BCUT2D eigenvalue weighted by Gasteiger charge is -2.31. The summed E-state index contributed by atoms with van der Waals surface area (Å²) in [7, 11) is 0. The van der Waals surface area contributed by atoms with Gasteiger partial charge in [-0.3, -0.25) is 4.79 Å². The Morgan fingerprint density at radius 3 is 2.77 bits per heavy atom. The third-order valence-corrected chi connectivity index (χ3v) is 5.89. The number of benzene rings is 1. The van der Waals surface area contributed by atoms with E-state index in [-0.39, 0.29) is 18.3 Å². The number of pyridine rings is 2. The van der Waals surface area contributed by atoms with Crippen LogP contribution in [0.2, 0.25) is 5.02 Å². The van der Waals surface area contributed by atoms with Crippen molar-refractivity contribution in [1.82, 2.24) is 14.9 Å². The first-order valence-electron chi connectivity index (χ1n) is 10.0. The van der Waals surface area contributed by atoms with E-state index in [4.69, 9.17) is 11.6 Å². The first-order valence-corrected chi connectivity index (χ1v) is 10.4. The fourth-order valence-corrected chi connectivity index (χ4v) is 4.01. The van der Waals surface area contributed by atoms with Crippen molar-refractivity contribution >= 4 is 52.3 Å². The van der Waals surface area contributed by atoms with Gasteiger partial charge in [-0.25, -0.2) is 9.97 Å². The van der Waals surface area contributed by atoms with Gasteiger partial charge >= 0.3 is 0 Å². The summed E-state index contributed by atoms with van der Waals surface area (Å²) in [5.41, 5.74) is 4.63. The zero-order chi connectivity index (χ0) is 20.5. The van der Waals surface area contributed by atoms with Gasteiger partial charge in [-0.1, -0.05) is 24.6 Å². The summed E-state index contributed by atoms with van der Waals surface area (Å²) < 4.78 is 0. The van der Waals surface area contributed by atoms with E-state index in [1.54, 1.807) is 6.20 Å². The van der Waals surface area contributed by atoms with Crippen molar-refractivity contribution in [3.05, 3.63) is 58.4 Å². The lowest BCUT2D eigenvalue weighted by molar-refractivity contribution is 0.0684. The first kappa shape index (κ1) is 22.3. The molecule has 1 amide bonds. The molecule has 0 bridgehead atoms. The van der Waals surface area contributed by atoms with Crippen molar-refractivity contribution in [3.63, 3.8) is 0 Å². The molecule has 30 heavy (non-hydrogen) atoms. The summed E-state index contributed by atoms with van der Waals surface area (Å²) in [5.74, 6) is 0.518. The normalized spacial score (nSPS) is 16.3. The number of carbonyl (C=O) groups excluding carboxylic acids is 1. The van der Waals surface area contributed by atoms with Gasteiger partial charge in [0.05, 0.1) is 11.3 Å². The van der Waals surface area contributed by atoms with Crippen LogP contribution in [-0.2, 0) is 0 Å². The van der Waals surface area contributed by atoms with E-state index in [1.807, 2.05) is 49.1 Å². The molecule has 1 aliphatic heterocycles. The van der Waals surface area contributed by atoms with Gasteiger partial charge in [-0.15, -0.1) is 12.4 Å². The van der Waals surface area contributed by atoms with Crippen LogP contribution in [0.25, 0.3) is 11.0 Å². The van der Waals surface area contributed by atoms with Crippen LogP contribution in [0.3, 0.4) is 0 Å². The second kappa shape index (κ2) is 9.19. The number of fused-ring (bicyclic) bond motifs is 1. The summed E-state index contributed by atoms with van der Waals surface area (Å²) in [5, 5.41) is 4.93. The lowest BCUT2D eigenvalue weighted by atomic mass is 9.99. The maximum absolute atomic E-state index is 13.4. The van der Waals surface area contributed by atoms with Crippen molar-refractivity contribution in [2.24, 2.45) is 5.92 Å². The molecule has 0 radical (unpaired) electrons. The first-order chi connectivity index (χ1) is 13.9. The third kappa shape index (κ3) is 4.52. The Kier molecular flexibility index (Phi) is 6.84. The number of anilines is 2. The molecule has 1 N–H and O–H groups in total. The molecule has 7 heteroatoms. The average molecular weight is 445 g/mol. The van der Waals surface area contributed by atoms with Crippen LogP contribution >= 0.6 is 24.0 Å². The highest BCUT2D eigenvalue weighted by Crippen LogP contribution is 2.32. The predicted octanol–water partition coefficient (Wildman–Crippen LogP) is 5.94. The number of carbonyl (C=O) groups is 1. The van der Waals surface area contributed by atoms with Gasteiger partial charge in [0.2, 0.25) is 0 Å². The van der Waals surface area contributed by atoms with Gasteiger partial charge in [-0.05, 0) is 62.4 Å². The van der Waals surface area contributed by atoms with Crippen molar-refractivity contribution in [1.29, 1.82) is 0 Å². The largest absolute Gasteiger partial charge is 0.354 e. The molecule has 0 spiro atoms. The molecule has 3 heterocycles. The minimum absolute atomic E-state index is 0. The number of piperidine rings is 1. The fourth-order valence-electron chi connectivity index (χ4n) is 3.83. The molecular weight excluding hydrogens is 419 g/mol. The molecule has 1 saturated heterocycles. The minimum atomic E-state index is 0. The molecule has 2 aromatic heterocycles. The Morgan fingerprint density at radius 2 is 2.03 bits per heavy atom. The van der Waals surface area contributed by atoms with Crippen LogP contribution in [0.15, 0.2) is 36.5 Å². The summed E-state index contributed by atoms with van der Waals surface area (Å²) in [4.78, 5) is 24.3. The minimum Gasteiger partial charge on any atom is -0.354 e. The third-order valence-electron chi connectivity index (χ3n) is 5.48. The number of hydrogen-bond acceptors (Lipinski definition) is 4. The second-order valence-corrected chi connectivity index (χ2v) is 8.37. The summed E-state index contributed by atoms with van der Waals surface area (Å²) in [6.45, 7) is 7.65. The molecule has 3 aromatic rings. The van der Waals surface area contributed by atoms with Gasteiger partial charge in [0, 0.05) is 41.1 Å². The highest BCUT2D eigenvalue weighted by molar-refractivity contribution is 6.31. The summed E-state index contributed by atoms with van der Waals surface area (Å²) in [6, 6.07) is 9.71. The van der Waals surface area contributed by atoms with Crippen molar-refractivity contribution in [2.45, 2.75) is 33.6 Å². The van der Waals surface area contributed by atoms with E-state index in [0.29, 0.717) is 22.2 Å². The molecule has 4 rings (SSSR count). The SMILES string of the molecule is Cc1ccc2c(Nc3ccc(C)c(Cl)c3)c(C(=O)N3CCCC(C)C3)cnc2n1.Cl. The number of nitrogens with one attached hydrogen (secondary N) is 1. The monoisotopic (exact) mass is 444 g/mol. The van der Waals surface area contributed by atoms with Gasteiger partial charge < -0.3 is 10.2 Å². The van der Waals surface area contributed by atoms with Crippen molar-refractivity contribution < 1.29 is 4.79 Å². The Balaban J connectivity index is 0.00000256. The summed E-state index contributed by atoms with van der Waals surface area (Å²) in [6.07, 6.45) is 3.84. The number of likely N-dealkylation sites (tertiary alicyclic amines) is 1. The average Bonchev–Trinajstić information content (AvgIpc) is 2.70. The molecule has 1 aromatic carbocycles. The van der Waals surface area contributed by atoms with Gasteiger partial charge in [0.1, 0.15) is 0 Å². The highest BCUT2D eigenvalue weighted by atomic mass is 35.5. The van der Waals surface area contributed by atoms with Gasteiger partial charge in [-0.2, -0.15) is 0 Å². The van der Waals surface area contributed by atoms with E-state index in [9.17, 15) is 4.79 Å². The van der Waals surface area contributed by atoms with Crippen LogP contribution in [0.5, 0.6) is 0 Å². The predicted molar refractivity (Wildman–Crippen MR) is 125 cm³/mol. The second-order valence-electron chi connectivity index (χ2n) is 7.96. The zero-order valence-corrected chi connectivity index (χ0v) is 19.0. The number of aryl methyl sites for hydroxylation is 2. The number of aromatic nitrogens is 2. The quantitative estimate of drug-likeness (QED) is 0.542. The van der Waals surface area contributed by atoms with Crippen LogP contribution in [0.4, 0.5) is 11.4 Å². The van der Waals surface area contributed by atoms with E-state index in [1.165, 1.54) is 0 Å². The van der Waals surface area contributed by atoms with E-state index in [0.717, 1.165) is 53.9 Å².